The third kappa shape index (κ3) is 2.72. The van der Waals surface area contributed by atoms with E-state index in [0.717, 1.165) is 15.7 Å². The molecule has 5 nitrogen and oxygen atoms in total. The van der Waals surface area contributed by atoms with Gasteiger partial charge in [0.05, 0.1) is 11.3 Å². The van der Waals surface area contributed by atoms with Gasteiger partial charge in [-0.25, -0.2) is 9.69 Å². The van der Waals surface area contributed by atoms with Gasteiger partial charge in [-0.1, -0.05) is 42.5 Å². The highest BCUT2D eigenvalue weighted by Gasteiger charge is 2.25. The van der Waals surface area contributed by atoms with Crippen LogP contribution in [0, 0.1) is 0 Å². The number of benzene rings is 3. The van der Waals surface area contributed by atoms with Crippen LogP contribution in [-0.4, -0.2) is 17.0 Å². The van der Waals surface area contributed by atoms with Gasteiger partial charge in [0.1, 0.15) is 5.75 Å². The fourth-order valence-electron chi connectivity index (χ4n) is 2.44. The van der Waals surface area contributed by atoms with Crippen molar-refractivity contribution in [3.05, 3.63) is 72.3 Å². The van der Waals surface area contributed by atoms with E-state index in [0.29, 0.717) is 5.69 Å². The van der Waals surface area contributed by atoms with E-state index in [1.807, 2.05) is 24.3 Å². The Morgan fingerprint density at radius 3 is 2.04 bits per heavy atom. The normalized spacial score (nSPS) is 10.4. The van der Waals surface area contributed by atoms with Crippen LogP contribution in [0.1, 0.15) is 10.4 Å². The van der Waals surface area contributed by atoms with Gasteiger partial charge in [0.2, 0.25) is 0 Å². The first-order valence-corrected chi connectivity index (χ1v) is 6.98. The van der Waals surface area contributed by atoms with Gasteiger partial charge in [0, 0.05) is 0 Å². The van der Waals surface area contributed by atoms with E-state index >= 15 is 0 Å². The highest BCUT2D eigenvalue weighted by Crippen LogP contribution is 2.27. The summed E-state index contributed by atoms with van der Waals surface area (Å²) in [6, 6.07) is 17.8. The number of carbonyl (C=O) groups is 2. The molecule has 5 heteroatoms. The van der Waals surface area contributed by atoms with Crippen LogP contribution >= 0.6 is 0 Å². The zero-order valence-corrected chi connectivity index (χ0v) is 12.1. The van der Waals surface area contributed by atoms with Crippen LogP contribution in [0.5, 0.6) is 5.75 Å². The van der Waals surface area contributed by atoms with E-state index in [2.05, 4.69) is 0 Å². The molecule has 0 radical (unpaired) electrons. The van der Waals surface area contributed by atoms with E-state index in [9.17, 15) is 14.7 Å². The number of anilines is 1. The zero-order chi connectivity index (χ0) is 16.4. The van der Waals surface area contributed by atoms with Crippen LogP contribution in [0.15, 0.2) is 66.7 Å². The molecule has 0 unspecified atom stereocenters. The topological polar surface area (TPSA) is 83.6 Å². The monoisotopic (exact) mass is 306 g/mol. The molecule has 0 saturated carbocycles. The molecule has 3 N–H and O–H groups in total. The largest absolute Gasteiger partial charge is 0.507 e. The first kappa shape index (κ1) is 14.6. The Kier molecular flexibility index (Phi) is 3.68. The summed E-state index contributed by atoms with van der Waals surface area (Å²) in [7, 11) is 0. The van der Waals surface area contributed by atoms with Gasteiger partial charge in [0.25, 0.3) is 5.91 Å². The number of para-hydroxylation sites is 1. The third-order valence-corrected chi connectivity index (χ3v) is 3.53. The number of nitrogens with zero attached hydrogens (tertiary/aromatic N) is 1. The van der Waals surface area contributed by atoms with Gasteiger partial charge in [-0.2, -0.15) is 0 Å². The van der Waals surface area contributed by atoms with Gasteiger partial charge < -0.3 is 10.8 Å². The fraction of sp³-hybridized carbons (Fsp3) is 0. The minimum absolute atomic E-state index is 0.0198. The number of hydrogen-bond acceptors (Lipinski definition) is 3. The van der Waals surface area contributed by atoms with Crippen molar-refractivity contribution in [2.24, 2.45) is 5.73 Å². The molecule has 3 aromatic rings. The molecular formula is C18H14N2O3. The Morgan fingerprint density at radius 2 is 1.43 bits per heavy atom. The second-order valence-electron chi connectivity index (χ2n) is 5.03. The Balaban J connectivity index is 2.11. The molecule has 0 bridgehead atoms. The minimum atomic E-state index is -0.909. The number of hydrogen-bond donors (Lipinski definition) is 2. The average molecular weight is 306 g/mol. The van der Waals surface area contributed by atoms with Crippen LogP contribution in [0.2, 0.25) is 0 Å². The molecule has 0 aliphatic rings. The number of primary amides is 1. The molecule has 0 atom stereocenters. The van der Waals surface area contributed by atoms with E-state index in [-0.39, 0.29) is 11.3 Å². The SMILES string of the molecule is NC(=O)N(C(=O)c1cc2ccccc2cc1O)c1ccccc1. The van der Waals surface area contributed by atoms with Crippen molar-refractivity contribution < 1.29 is 14.7 Å². The van der Waals surface area contributed by atoms with Crippen molar-refractivity contribution in [3.63, 3.8) is 0 Å². The summed E-state index contributed by atoms with van der Waals surface area (Å²) in [5, 5.41) is 11.7. The number of fused-ring (bicyclic) bond motifs is 1. The van der Waals surface area contributed by atoms with Crippen molar-refractivity contribution in [2.75, 3.05) is 4.90 Å². The maximum atomic E-state index is 12.7. The minimum Gasteiger partial charge on any atom is -0.507 e. The summed E-state index contributed by atoms with van der Waals surface area (Å²) in [5.41, 5.74) is 5.72. The Bertz CT molecular complexity index is 891. The number of phenols is 1. The first-order valence-electron chi connectivity index (χ1n) is 6.98. The third-order valence-electron chi connectivity index (χ3n) is 3.53. The molecule has 114 valence electrons. The lowest BCUT2D eigenvalue weighted by atomic mass is 10.0. The zero-order valence-electron chi connectivity index (χ0n) is 12.1. The van der Waals surface area contributed by atoms with Crippen LogP contribution in [0.4, 0.5) is 10.5 Å². The fourth-order valence-corrected chi connectivity index (χ4v) is 2.44. The highest BCUT2D eigenvalue weighted by molar-refractivity contribution is 6.21. The Labute approximate surface area is 132 Å². The lowest BCUT2D eigenvalue weighted by molar-refractivity contribution is 0.0993. The van der Waals surface area contributed by atoms with Crippen LogP contribution in [0.25, 0.3) is 10.8 Å². The summed E-state index contributed by atoms with van der Waals surface area (Å²) in [4.78, 5) is 25.3. The number of imide groups is 1. The van der Waals surface area contributed by atoms with Crippen molar-refractivity contribution in [1.82, 2.24) is 0 Å². The number of amides is 3. The van der Waals surface area contributed by atoms with Gasteiger partial charge in [-0.05, 0) is 35.0 Å². The molecule has 0 aliphatic carbocycles. The van der Waals surface area contributed by atoms with Crippen LogP contribution < -0.4 is 10.6 Å². The molecule has 0 aliphatic heterocycles. The molecule has 0 spiro atoms. The molecule has 3 aromatic carbocycles. The summed E-state index contributed by atoms with van der Waals surface area (Å²) in [6.07, 6.45) is 0. The van der Waals surface area contributed by atoms with Gasteiger partial charge >= 0.3 is 6.03 Å². The van der Waals surface area contributed by atoms with E-state index < -0.39 is 11.9 Å². The van der Waals surface area contributed by atoms with Crippen molar-refractivity contribution in [1.29, 1.82) is 0 Å². The van der Waals surface area contributed by atoms with Gasteiger partial charge in [-0.15, -0.1) is 0 Å². The predicted molar refractivity (Wildman–Crippen MR) is 88.4 cm³/mol. The number of aromatic hydroxyl groups is 1. The molecule has 23 heavy (non-hydrogen) atoms. The quantitative estimate of drug-likeness (QED) is 0.762. The molecule has 0 heterocycles. The van der Waals surface area contributed by atoms with E-state index in [1.165, 1.54) is 6.07 Å². The van der Waals surface area contributed by atoms with Crippen LogP contribution in [-0.2, 0) is 0 Å². The standard InChI is InChI=1S/C18H14N2O3/c19-18(23)20(14-8-2-1-3-9-14)17(22)15-10-12-6-4-5-7-13(12)11-16(15)21/h1-11,21H,(H2,19,23). The van der Waals surface area contributed by atoms with Crippen molar-refractivity contribution in [3.8, 4) is 5.75 Å². The van der Waals surface area contributed by atoms with Crippen molar-refractivity contribution in [2.45, 2.75) is 0 Å². The maximum absolute atomic E-state index is 12.7. The maximum Gasteiger partial charge on any atom is 0.326 e. The summed E-state index contributed by atoms with van der Waals surface area (Å²) < 4.78 is 0. The number of rotatable bonds is 2. The van der Waals surface area contributed by atoms with E-state index in [1.54, 1.807) is 36.4 Å². The lowest BCUT2D eigenvalue weighted by Crippen LogP contribution is -2.40. The average Bonchev–Trinajstić information content (AvgIpc) is 2.55. The lowest BCUT2D eigenvalue weighted by Gasteiger charge is -2.19. The second kappa shape index (κ2) is 5.81. The molecular weight excluding hydrogens is 292 g/mol. The molecule has 0 aromatic heterocycles. The second-order valence-corrected chi connectivity index (χ2v) is 5.03. The van der Waals surface area contributed by atoms with E-state index in [4.69, 9.17) is 5.73 Å². The Morgan fingerprint density at radius 1 is 0.870 bits per heavy atom. The Hall–Kier alpha value is -3.34. The van der Waals surface area contributed by atoms with Gasteiger partial charge in [0.15, 0.2) is 0 Å². The molecule has 3 rings (SSSR count). The summed E-state index contributed by atoms with van der Waals surface area (Å²) >= 11 is 0. The number of carbonyl (C=O) groups excluding carboxylic acids is 2. The first-order chi connectivity index (χ1) is 11.1. The summed E-state index contributed by atoms with van der Waals surface area (Å²) in [5.74, 6) is -0.872. The molecule has 0 saturated heterocycles. The smallest absolute Gasteiger partial charge is 0.326 e. The predicted octanol–water partition coefficient (Wildman–Crippen LogP) is 3.27. The number of urea groups is 1. The van der Waals surface area contributed by atoms with Gasteiger partial charge in [-0.3, -0.25) is 4.79 Å². The molecule has 0 fully saturated rings. The highest BCUT2D eigenvalue weighted by atomic mass is 16.3. The summed E-state index contributed by atoms with van der Waals surface area (Å²) in [6.45, 7) is 0. The number of nitrogens with two attached hydrogens (primary N) is 1. The van der Waals surface area contributed by atoms with Crippen molar-refractivity contribution >= 4 is 28.4 Å². The number of phenolic OH excluding ortho intramolecular Hbond substituents is 1. The van der Waals surface area contributed by atoms with Crippen LogP contribution in [0.3, 0.4) is 0 Å². The molecule has 3 amide bonds.